The number of thiophene rings is 1. The Morgan fingerprint density at radius 1 is 1.50 bits per heavy atom. The largest absolute Gasteiger partial charge is 0.289 e. The number of hydrogen-bond acceptors (Lipinski definition) is 4. The number of nitrogens with zero attached hydrogens (tertiary/aromatic N) is 3. The third kappa shape index (κ3) is 2.26. The zero-order chi connectivity index (χ0) is 12.5. The summed E-state index contributed by atoms with van der Waals surface area (Å²) < 4.78 is 2.46. The molecule has 7 heteroatoms. The predicted octanol–water partition coefficient (Wildman–Crippen LogP) is 2.58. The zero-order valence-corrected chi connectivity index (χ0v) is 11.1. The number of fused-ring (bicyclic) bond motifs is 1. The zero-order valence-electron chi connectivity index (χ0n) is 9.52. The molecule has 3 rings (SSSR count). The van der Waals surface area contributed by atoms with E-state index >= 15 is 0 Å². The van der Waals surface area contributed by atoms with Gasteiger partial charge in [0.25, 0.3) is 5.91 Å². The summed E-state index contributed by atoms with van der Waals surface area (Å²) in [5.74, 6) is 1.10. The van der Waals surface area contributed by atoms with Crippen molar-refractivity contribution in [3.8, 4) is 0 Å². The third-order valence-corrected chi connectivity index (χ3v) is 3.91. The molecule has 1 aliphatic heterocycles. The first-order chi connectivity index (χ1) is 8.72. The Labute approximate surface area is 113 Å². The number of aromatic nitrogens is 3. The van der Waals surface area contributed by atoms with Crippen LogP contribution in [0.2, 0.25) is 4.34 Å². The van der Waals surface area contributed by atoms with Gasteiger partial charge < -0.3 is 0 Å². The van der Waals surface area contributed by atoms with Gasteiger partial charge in [0.2, 0.25) is 5.95 Å². The molecule has 18 heavy (non-hydrogen) atoms. The van der Waals surface area contributed by atoms with Gasteiger partial charge in [0, 0.05) is 18.3 Å². The molecule has 0 saturated heterocycles. The molecule has 0 spiro atoms. The molecule has 0 aromatic carbocycles. The standard InChI is InChI=1S/C11H11ClN4OS/c12-8-5-7(6-18-8)10(17)14-11-13-9-3-1-2-4-16(9)15-11/h5-6H,1-4H2,(H,14,15,17). The highest BCUT2D eigenvalue weighted by Crippen LogP contribution is 2.21. The summed E-state index contributed by atoms with van der Waals surface area (Å²) in [5.41, 5.74) is 0.540. The van der Waals surface area contributed by atoms with E-state index in [-0.39, 0.29) is 5.91 Å². The van der Waals surface area contributed by atoms with Gasteiger partial charge in [-0.1, -0.05) is 11.6 Å². The molecule has 0 aliphatic carbocycles. The lowest BCUT2D eigenvalue weighted by Gasteiger charge is -2.09. The van der Waals surface area contributed by atoms with Gasteiger partial charge in [0.15, 0.2) is 0 Å². The van der Waals surface area contributed by atoms with E-state index in [2.05, 4.69) is 15.4 Å². The van der Waals surface area contributed by atoms with Gasteiger partial charge >= 0.3 is 0 Å². The number of hydrogen-bond donors (Lipinski definition) is 1. The predicted molar refractivity (Wildman–Crippen MR) is 70.2 cm³/mol. The van der Waals surface area contributed by atoms with Crippen molar-refractivity contribution in [3.63, 3.8) is 0 Å². The van der Waals surface area contributed by atoms with Crippen LogP contribution in [0.3, 0.4) is 0 Å². The number of amides is 1. The topological polar surface area (TPSA) is 59.8 Å². The maximum absolute atomic E-state index is 11.9. The van der Waals surface area contributed by atoms with Gasteiger partial charge in [-0.25, -0.2) is 4.68 Å². The molecule has 2 aromatic rings. The Kier molecular flexibility index (Phi) is 3.05. The molecule has 0 unspecified atom stereocenters. The van der Waals surface area contributed by atoms with Crippen LogP contribution in [0, 0.1) is 0 Å². The highest BCUT2D eigenvalue weighted by molar-refractivity contribution is 7.14. The van der Waals surface area contributed by atoms with Crippen molar-refractivity contribution in [1.29, 1.82) is 0 Å². The number of aryl methyl sites for hydroxylation is 2. The van der Waals surface area contributed by atoms with Crippen molar-refractivity contribution in [2.45, 2.75) is 25.8 Å². The lowest BCUT2D eigenvalue weighted by atomic mass is 10.2. The molecule has 5 nitrogen and oxygen atoms in total. The Morgan fingerprint density at radius 3 is 3.11 bits per heavy atom. The molecule has 1 N–H and O–H groups in total. The number of nitrogens with one attached hydrogen (secondary N) is 1. The highest BCUT2D eigenvalue weighted by Gasteiger charge is 2.16. The fourth-order valence-electron chi connectivity index (χ4n) is 1.94. The molecular formula is C11H11ClN4OS. The number of halogens is 1. The van der Waals surface area contributed by atoms with Crippen molar-refractivity contribution in [2.75, 3.05) is 5.32 Å². The summed E-state index contributed by atoms with van der Waals surface area (Å²) in [5, 5.41) is 8.68. The smallest absolute Gasteiger partial charge is 0.258 e. The Hall–Kier alpha value is -1.40. The molecule has 0 radical (unpaired) electrons. The molecular weight excluding hydrogens is 272 g/mol. The van der Waals surface area contributed by atoms with E-state index in [1.165, 1.54) is 11.3 Å². The van der Waals surface area contributed by atoms with Crippen LogP contribution in [0.15, 0.2) is 11.4 Å². The summed E-state index contributed by atoms with van der Waals surface area (Å²) >= 11 is 7.12. The number of anilines is 1. The average Bonchev–Trinajstić information content (AvgIpc) is 2.94. The summed E-state index contributed by atoms with van der Waals surface area (Å²) in [6.45, 7) is 0.877. The quantitative estimate of drug-likeness (QED) is 0.921. The Balaban J connectivity index is 1.76. The van der Waals surface area contributed by atoms with Crippen molar-refractivity contribution in [2.24, 2.45) is 0 Å². The summed E-state index contributed by atoms with van der Waals surface area (Å²) in [6.07, 6.45) is 3.17. The maximum Gasteiger partial charge on any atom is 0.258 e. The van der Waals surface area contributed by atoms with Crippen LogP contribution < -0.4 is 5.32 Å². The summed E-state index contributed by atoms with van der Waals surface area (Å²) in [4.78, 5) is 16.2. The average molecular weight is 283 g/mol. The number of rotatable bonds is 2. The van der Waals surface area contributed by atoms with Gasteiger partial charge in [0.05, 0.1) is 9.90 Å². The normalized spacial score (nSPS) is 14.3. The van der Waals surface area contributed by atoms with Crippen molar-refractivity contribution < 1.29 is 4.79 Å². The third-order valence-electron chi connectivity index (χ3n) is 2.82. The van der Waals surface area contributed by atoms with Crippen molar-refractivity contribution in [3.05, 3.63) is 27.2 Å². The van der Waals surface area contributed by atoms with Crippen LogP contribution in [0.1, 0.15) is 29.0 Å². The van der Waals surface area contributed by atoms with Gasteiger partial charge in [-0.2, -0.15) is 4.98 Å². The molecule has 0 atom stereocenters. The van der Waals surface area contributed by atoms with E-state index in [1.54, 1.807) is 11.4 Å². The molecule has 94 valence electrons. The second-order valence-electron chi connectivity index (χ2n) is 4.13. The van der Waals surface area contributed by atoms with E-state index in [0.717, 1.165) is 31.6 Å². The molecule has 0 bridgehead atoms. The molecule has 0 fully saturated rings. The number of carbonyl (C=O) groups is 1. The van der Waals surface area contributed by atoms with Crippen LogP contribution >= 0.6 is 22.9 Å². The van der Waals surface area contributed by atoms with E-state index < -0.39 is 0 Å². The Bertz CT molecular complexity index is 568. The van der Waals surface area contributed by atoms with E-state index in [4.69, 9.17) is 11.6 Å². The second kappa shape index (κ2) is 4.70. The van der Waals surface area contributed by atoms with Gasteiger partial charge in [0.1, 0.15) is 5.82 Å². The van der Waals surface area contributed by atoms with Gasteiger partial charge in [-0.3, -0.25) is 10.1 Å². The minimum absolute atomic E-state index is 0.221. The van der Waals surface area contributed by atoms with Gasteiger partial charge in [-0.05, 0) is 18.9 Å². The first-order valence-corrected chi connectivity index (χ1v) is 6.97. The minimum Gasteiger partial charge on any atom is -0.289 e. The van der Waals surface area contributed by atoms with Crippen LogP contribution in [-0.4, -0.2) is 20.7 Å². The fourth-order valence-corrected chi connectivity index (χ4v) is 2.80. The van der Waals surface area contributed by atoms with E-state index in [9.17, 15) is 4.79 Å². The van der Waals surface area contributed by atoms with E-state index in [0.29, 0.717) is 15.8 Å². The Morgan fingerprint density at radius 2 is 2.39 bits per heavy atom. The summed E-state index contributed by atoms with van der Waals surface area (Å²) in [6, 6.07) is 1.64. The van der Waals surface area contributed by atoms with E-state index in [1.807, 2.05) is 4.68 Å². The lowest BCUT2D eigenvalue weighted by Crippen LogP contribution is -2.13. The summed E-state index contributed by atoms with van der Waals surface area (Å²) in [7, 11) is 0. The van der Waals surface area contributed by atoms with Crippen LogP contribution in [0.4, 0.5) is 5.95 Å². The molecule has 1 aliphatic rings. The monoisotopic (exact) mass is 282 g/mol. The lowest BCUT2D eigenvalue weighted by molar-refractivity contribution is 0.102. The molecule has 2 aromatic heterocycles. The SMILES string of the molecule is O=C(Nc1nc2n(n1)CCCC2)c1csc(Cl)c1. The highest BCUT2D eigenvalue weighted by atomic mass is 35.5. The second-order valence-corrected chi connectivity index (χ2v) is 5.67. The molecule has 0 saturated carbocycles. The fraction of sp³-hybridized carbons (Fsp3) is 0.364. The van der Waals surface area contributed by atoms with Crippen molar-refractivity contribution in [1.82, 2.24) is 14.8 Å². The van der Waals surface area contributed by atoms with Crippen LogP contribution in [0.5, 0.6) is 0 Å². The first-order valence-electron chi connectivity index (χ1n) is 5.71. The number of carbonyl (C=O) groups excluding carboxylic acids is 1. The molecule has 3 heterocycles. The van der Waals surface area contributed by atoms with Gasteiger partial charge in [-0.15, -0.1) is 16.4 Å². The molecule has 1 amide bonds. The maximum atomic E-state index is 11.9. The first kappa shape index (κ1) is 11.7. The van der Waals surface area contributed by atoms with Crippen molar-refractivity contribution >= 4 is 34.8 Å². The van der Waals surface area contributed by atoms with Crippen LogP contribution in [-0.2, 0) is 13.0 Å². The van der Waals surface area contributed by atoms with Crippen LogP contribution in [0.25, 0.3) is 0 Å². The minimum atomic E-state index is -0.221.